The molecule has 4 amide bonds. The molecule has 1 aromatic rings. The number of carbonyl (C=O) groups is 3. The van der Waals surface area contributed by atoms with Crippen LogP contribution >= 0.6 is 0 Å². The number of amides is 4. The third-order valence-electron chi connectivity index (χ3n) is 4.92. The zero-order valence-electron chi connectivity index (χ0n) is 15.8. The maximum absolute atomic E-state index is 12.5. The van der Waals surface area contributed by atoms with Gasteiger partial charge in [0.15, 0.2) is 0 Å². The molecule has 1 aromatic carbocycles. The topological polar surface area (TPSA) is 82.2 Å². The summed E-state index contributed by atoms with van der Waals surface area (Å²) in [5, 5.41) is 2.95. The molecule has 0 saturated carbocycles. The van der Waals surface area contributed by atoms with E-state index >= 15 is 0 Å². The number of nitrogens with one attached hydrogen (secondary N) is 1. The minimum Gasteiger partial charge on any atom is -0.494 e. The summed E-state index contributed by atoms with van der Waals surface area (Å²) in [7, 11) is 0. The molecule has 3 rings (SSSR count). The third-order valence-corrected chi connectivity index (χ3v) is 4.92. The Morgan fingerprint density at radius 2 is 1.74 bits per heavy atom. The van der Waals surface area contributed by atoms with Crippen molar-refractivity contribution < 1.29 is 19.1 Å². The van der Waals surface area contributed by atoms with Gasteiger partial charge in [0.05, 0.1) is 12.6 Å². The van der Waals surface area contributed by atoms with Gasteiger partial charge in [0.2, 0.25) is 11.8 Å². The Labute approximate surface area is 159 Å². The summed E-state index contributed by atoms with van der Waals surface area (Å²) in [6.45, 7) is 6.61. The van der Waals surface area contributed by atoms with Crippen LogP contribution in [0.2, 0.25) is 0 Å². The molecule has 1 unspecified atom stereocenters. The van der Waals surface area contributed by atoms with Gasteiger partial charge < -0.3 is 24.8 Å². The molecule has 8 heteroatoms. The predicted molar refractivity (Wildman–Crippen MR) is 101 cm³/mol. The molecule has 27 heavy (non-hydrogen) atoms. The minimum atomic E-state index is -0.220. The number of ether oxygens (including phenoxy) is 1. The summed E-state index contributed by atoms with van der Waals surface area (Å²) in [4.78, 5) is 41.3. The van der Waals surface area contributed by atoms with Gasteiger partial charge in [-0.2, -0.15) is 0 Å². The lowest BCUT2D eigenvalue weighted by Gasteiger charge is -2.34. The summed E-state index contributed by atoms with van der Waals surface area (Å²) in [6.07, 6.45) is 0.284. The van der Waals surface area contributed by atoms with Gasteiger partial charge in [0.25, 0.3) is 0 Å². The van der Waals surface area contributed by atoms with Crippen molar-refractivity contribution in [1.29, 1.82) is 0 Å². The van der Waals surface area contributed by atoms with Gasteiger partial charge in [-0.25, -0.2) is 4.79 Å². The Morgan fingerprint density at radius 3 is 2.33 bits per heavy atom. The van der Waals surface area contributed by atoms with E-state index in [1.165, 1.54) is 6.92 Å². The first-order chi connectivity index (χ1) is 13.0. The minimum absolute atomic E-state index is 0.00846. The second kappa shape index (κ2) is 8.28. The summed E-state index contributed by atoms with van der Waals surface area (Å²) >= 11 is 0. The van der Waals surface area contributed by atoms with E-state index in [2.05, 4.69) is 5.32 Å². The predicted octanol–water partition coefficient (Wildman–Crippen LogP) is 1.06. The van der Waals surface area contributed by atoms with Crippen molar-refractivity contribution in [2.75, 3.05) is 44.2 Å². The van der Waals surface area contributed by atoms with Crippen LogP contribution in [0.4, 0.5) is 10.5 Å². The second-order valence-electron chi connectivity index (χ2n) is 6.77. The highest BCUT2D eigenvalue weighted by Crippen LogP contribution is 2.24. The lowest BCUT2D eigenvalue weighted by molar-refractivity contribution is -0.130. The number of nitrogens with zero attached hydrogens (tertiary/aromatic N) is 3. The molecule has 2 heterocycles. The number of anilines is 1. The molecular weight excluding hydrogens is 348 g/mol. The number of hydrogen-bond acceptors (Lipinski definition) is 4. The van der Waals surface area contributed by atoms with E-state index in [4.69, 9.17) is 4.74 Å². The van der Waals surface area contributed by atoms with Gasteiger partial charge in [-0.1, -0.05) is 0 Å². The second-order valence-corrected chi connectivity index (χ2v) is 6.77. The van der Waals surface area contributed by atoms with Crippen molar-refractivity contribution in [1.82, 2.24) is 15.1 Å². The van der Waals surface area contributed by atoms with Gasteiger partial charge in [0, 0.05) is 51.8 Å². The first kappa shape index (κ1) is 19.0. The Morgan fingerprint density at radius 1 is 1.11 bits per heavy atom. The summed E-state index contributed by atoms with van der Waals surface area (Å²) < 4.78 is 5.42. The molecule has 0 aromatic heterocycles. The van der Waals surface area contributed by atoms with Crippen molar-refractivity contribution >= 4 is 23.5 Å². The lowest BCUT2D eigenvalue weighted by atomic mass is 10.2. The van der Waals surface area contributed by atoms with Crippen molar-refractivity contribution in [2.45, 2.75) is 26.3 Å². The van der Waals surface area contributed by atoms with Gasteiger partial charge in [-0.05, 0) is 31.2 Å². The molecule has 0 spiro atoms. The molecule has 8 nitrogen and oxygen atoms in total. The van der Waals surface area contributed by atoms with E-state index in [1.54, 1.807) is 14.7 Å². The van der Waals surface area contributed by atoms with Gasteiger partial charge in [-0.3, -0.25) is 9.59 Å². The molecule has 2 saturated heterocycles. The van der Waals surface area contributed by atoms with Crippen LogP contribution in [0.3, 0.4) is 0 Å². The Bertz CT molecular complexity index is 698. The van der Waals surface area contributed by atoms with Crippen LogP contribution in [-0.4, -0.2) is 73.0 Å². The standard InChI is InChI=1S/C19H26N4O4/c1-3-27-17-6-4-16(5-7-17)23-13-15(12-18(23)25)20-19(26)22-10-8-21(9-11-22)14(2)24/h4-7,15H,3,8-13H2,1-2H3,(H,20,26). The Kier molecular flexibility index (Phi) is 5.83. The molecule has 2 aliphatic heterocycles. The van der Waals surface area contributed by atoms with Crippen LogP contribution in [0.5, 0.6) is 5.75 Å². The molecule has 0 aliphatic carbocycles. The zero-order chi connectivity index (χ0) is 19.4. The highest BCUT2D eigenvalue weighted by molar-refractivity contribution is 5.96. The summed E-state index contributed by atoms with van der Waals surface area (Å²) in [5.41, 5.74) is 0.801. The molecule has 2 aliphatic rings. The molecule has 1 N–H and O–H groups in total. The SMILES string of the molecule is CCOc1ccc(N2CC(NC(=O)N3CCN(C(C)=O)CC3)CC2=O)cc1. The van der Waals surface area contributed by atoms with Crippen molar-refractivity contribution in [3.05, 3.63) is 24.3 Å². The molecule has 146 valence electrons. The van der Waals surface area contributed by atoms with E-state index in [-0.39, 0.29) is 30.3 Å². The average molecular weight is 374 g/mol. The molecule has 0 radical (unpaired) electrons. The number of urea groups is 1. The molecule has 0 bridgehead atoms. The van der Waals surface area contributed by atoms with Crippen LogP contribution in [0.25, 0.3) is 0 Å². The van der Waals surface area contributed by atoms with Crippen LogP contribution in [0.15, 0.2) is 24.3 Å². The third kappa shape index (κ3) is 4.50. The zero-order valence-corrected chi connectivity index (χ0v) is 15.8. The number of carbonyl (C=O) groups excluding carboxylic acids is 3. The van der Waals surface area contributed by atoms with Crippen LogP contribution in [0.1, 0.15) is 20.3 Å². The van der Waals surface area contributed by atoms with Crippen LogP contribution in [-0.2, 0) is 9.59 Å². The van der Waals surface area contributed by atoms with Crippen LogP contribution < -0.4 is 15.0 Å². The van der Waals surface area contributed by atoms with Crippen molar-refractivity contribution in [2.24, 2.45) is 0 Å². The fourth-order valence-corrected chi connectivity index (χ4v) is 3.43. The lowest BCUT2D eigenvalue weighted by Crippen LogP contribution is -2.54. The highest BCUT2D eigenvalue weighted by Gasteiger charge is 2.33. The van der Waals surface area contributed by atoms with E-state index < -0.39 is 0 Å². The number of hydrogen-bond donors (Lipinski definition) is 1. The van der Waals surface area contributed by atoms with E-state index in [9.17, 15) is 14.4 Å². The quantitative estimate of drug-likeness (QED) is 0.855. The van der Waals surface area contributed by atoms with E-state index in [0.717, 1.165) is 11.4 Å². The van der Waals surface area contributed by atoms with E-state index in [0.29, 0.717) is 39.3 Å². The Hall–Kier alpha value is -2.77. The Balaban J connectivity index is 1.53. The largest absolute Gasteiger partial charge is 0.494 e. The number of benzene rings is 1. The summed E-state index contributed by atoms with van der Waals surface area (Å²) in [5.74, 6) is 0.788. The number of rotatable bonds is 4. The highest BCUT2D eigenvalue weighted by atomic mass is 16.5. The van der Waals surface area contributed by atoms with Gasteiger partial charge >= 0.3 is 6.03 Å². The smallest absolute Gasteiger partial charge is 0.317 e. The molecule has 2 fully saturated rings. The fourth-order valence-electron chi connectivity index (χ4n) is 3.43. The maximum atomic E-state index is 12.5. The number of piperazine rings is 1. The fraction of sp³-hybridized carbons (Fsp3) is 0.526. The van der Waals surface area contributed by atoms with Crippen molar-refractivity contribution in [3.63, 3.8) is 0 Å². The first-order valence-corrected chi connectivity index (χ1v) is 9.32. The van der Waals surface area contributed by atoms with Crippen LogP contribution in [0, 0.1) is 0 Å². The van der Waals surface area contributed by atoms with Gasteiger partial charge in [-0.15, -0.1) is 0 Å². The maximum Gasteiger partial charge on any atom is 0.317 e. The monoisotopic (exact) mass is 374 g/mol. The normalized spacial score (nSPS) is 20.0. The summed E-state index contributed by atoms with van der Waals surface area (Å²) in [6, 6.07) is 6.99. The molecule has 1 atom stereocenters. The molecular formula is C19H26N4O4. The van der Waals surface area contributed by atoms with E-state index in [1.807, 2.05) is 31.2 Å². The van der Waals surface area contributed by atoms with Crippen molar-refractivity contribution in [3.8, 4) is 5.75 Å². The average Bonchev–Trinajstić information content (AvgIpc) is 3.02. The first-order valence-electron chi connectivity index (χ1n) is 9.32. The van der Waals surface area contributed by atoms with Gasteiger partial charge in [0.1, 0.15) is 5.75 Å².